The molecule has 3 rings (SSSR count). The number of hydrogen-bond donors (Lipinski definition) is 1. The van der Waals surface area contributed by atoms with Gasteiger partial charge in [0.05, 0.1) is 18.2 Å². The molecule has 140 valence electrons. The molecule has 0 radical (unpaired) electrons. The largest absolute Gasteiger partial charge is 0.423 e. The van der Waals surface area contributed by atoms with Crippen LogP contribution in [-0.2, 0) is 11.2 Å². The Hall–Kier alpha value is -3.44. The third kappa shape index (κ3) is 5.79. The highest BCUT2D eigenvalue weighted by atomic mass is 35.5. The van der Waals surface area contributed by atoms with E-state index in [1.165, 1.54) is 6.21 Å². The van der Waals surface area contributed by atoms with Crippen LogP contribution in [0.3, 0.4) is 0 Å². The van der Waals surface area contributed by atoms with Gasteiger partial charge >= 0.3 is 5.97 Å². The van der Waals surface area contributed by atoms with Gasteiger partial charge in [0.25, 0.3) is 0 Å². The summed E-state index contributed by atoms with van der Waals surface area (Å²) in [7, 11) is 0. The van der Waals surface area contributed by atoms with Crippen molar-refractivity contribution in [1.82, 2.24) is 5.43 Å². The van der Waals surface area contributed by atoms with Crippen LogP contribution in [0.15, 0.2) is 84.0 Å². The first kappa shape index (κ1) is 19.3. The van der Waals surface area contributed by atoms with Crippen LogP contribution < -0.4 is 10.2 Å². The topological polar surface area (TPSA) is 67.8 Å². The third-order valence-electron chi connectivity index (χ3n) is 3.76. The summed E-state index contributed by atoms with van der Waals surface area (Å²) < 4.78 is 5.31. The van der Waals surface area contributed by atoms with Gasteiger partial charge in [-0.15, -0.1) is 0 Å². The Kier molecular flexibility index (Phi) is 6.54. The molecule has 0 heterocycles. The number of nitrogens with one attached hydrogen (secondary N) is 1. The predicted octanol–water partition coefficient (Wildman–Crippen LogP) is 4.25. The number of benzene rings is 3. The summed E-state index contributed by atoms with van der Waals surface area (Å²) in [6.45, 7) is 0. The summed E-state index contributed by atoms with van der Waals surface area (Å²) in [4.78, 5) is 23.9. The SMILES string of the molecule is O=C(Cc1ccccc1)N/N=C/c1ccc(OC(=O)c2cccc(Cl)c2)cc1. The van der Waals surface area contributed by atoms with Gasteiger partial charge in [0.2, 0.25) is 5.91 Å². The monoisotopic (exact) mass is 392 g/mol. The van der Waals surface area contributed by atoms with E-state index in [1.54, 1.807) is 48.5 Å². The second kappa shape index (κ2) is 9.48. The molecule has 0 bridgehead atoms. The third-order valence-corrected chi connectivity index (χ3v) is 4.00. The maximum absolute atomic E-state index is 12.1. The molecule has 0 atom stereocenters. The lowest BCUT2D eigenvalue weighted by atomic mass is 10.1. The number of hydrazone groups is 1. The fourth-order valence-electron chi connectivity index (χ4n) is 2.40. The smallest absolute Gasteiger partial charge is 0.343 e. The Morgan fingerprint density at radius 2 is 1.71 bits per heavy atom. The molecule has 0 fully saturated rings. The van der Waals surface area contributed by atoms with Gasteiger partial charge in [0.1, 0.15) is 5.75 Å². The molecular weight excluding hydrogens is 376 g/mol. The summed E-state index contributed by atoms with van der Waals surface area (Å²) in [6.07, 6.45) is 1.78. The zero-order chi connectivity index (χ0) is 19.8. The lowest BCUT2D eigenvalue weighted by Crippen LogP contribution is -2.19. The van der Waals surface area contributed by atoms with Crippen molar-refractivity contribution >= 4 is 29.7 Å². The molecule has 0 aliphatic heterocycles. The fourth-order valence-corrected chi connectivity index (χ4v) is 2.59. The molecule has 0 saturated heterocycles. The van der Waals surface area contributed by atoms with Gasteiger partial charge < -0.3 is 4.74 Å². The summed E-state index contributed by atoms with van der Waals surface area (Å²) in [5.41, 5.74) is 4.53. The number of amides is 1. The summed E-state index contributed by atoms with van der Waals surface area (Å²) in [5.74, 6) is -0.290. The van der Waals surface area contributed by atoms with Crippen LogP contribution in [0, 0.1) is 0 Å². The van der Waals surface area contributed by atoms with Crippen LogP contribution in [0.1, 0.15) is 21.5 Å². The molecule has 1 amide bonds. The van der Waals surface area contributed by atoms with Crippen LogP contribution in [0.5, 0.6) is 5.75 Å². The molecule has 3 aromatic rings. The number of rotatable bonds is 6. The number of carbonyl (C=O) groups excluding carboxylic acids is 2. The van der Waals surface area contributed by atoms with E-state index in [0.29, 0.717) is 16.3 Å². The molecule has 28 heavy (non-hydrogen) atoms. The van der Waals surface area contributed by atoms with Crippen molar-refractivity contribution in [2.24, 2.45) is 5.10 Å². The molecule has 1 N–H and O–H groups in total. The molecule has 6 heteroatoms. The normalized spacial score (nSPS) is 10.6. The van der Waals surface area contributed by atoms with Crippen molar-refractivity contribution < 1.29 is 14.3 Å². The van der Waals surface area contributed by atoms with Gasteiger partial charge in [-0.3, -0.25) is 4.79 Å². The van der Waals surface area contributed by atoms with Gasteiger partial charge in [-0.1, -0.05) is 48.0 Å². The number of ether oxygens (including phenoxy) is 1. The van der Waals surface area contributed by atoms with E-state index >= 15 is 0 Å². The summed E-state index contributed by atoms with van der Waals surface area (Å²) >= 11 is 5.88. The van der Waals surface area contributed by atoms with Gasteiger partial charge in [0.15, 0.2) is 0 Å². The number of esters is 1. The van der Waals surface area contributed by atoms with Gasteiger partial charge in [-0.2, -0.15) is 5.10 Å². The van der Waals surface area contributed by atoms with E-state index in [2.05, 4.69) is 10.5 Å². The summed E-state index contributed by atoms with van der Waals surface area (Å²) in [6, 6.07) is 22.7. The number of halogens is 1. The van der Waals surface area contributed by atoms with Crippen molar-refractivity contribution in [3.8, 4) is 5.75 Å². The Morgan fingerprint density at radius 3 is 2.43 bits per heavy atom. The lowest BCUT2D eigenvalue weighted by molar-refractivity contribution is -0.120. The number of carbonyl (C=O) groups is 2. The standard InChI is InChI=1S/C22H17ClN2O3/c23-19-8-4-7-18(14-19)22(27)28-20-11-9-17(10-12-20)15-24-25-21(26)13-16-5-2-1-3-6-16/h1-12,14-15H,13H2,(H,25,26)/b24-15+. The molecule has 0 unspecified atom stereocenters. The molecule has 0 aromatic heterocycles. The molecule has 0 aliphatic carbocycles. The highest BCUT2D eigenvalue weighted by Gasteiger charge is 2.08. The fraction of sp³-hybridized carbons (Fsp3) is 0.0455. The average Bonchev–Trinajstić information content (AvgIpc) is 2.70. The maximum Gasteiger partial charge on any atom is 0.343 e. The van der Waals surface area contributed by atoms with Crippen molar-refractivity contribution in [3.63, 3.8) is 0 Å². The molecule has 3 aromatic carbocycles. The van der Waals surface area contributed by atoms with E-state index in [1.807, 2.05) is 30.3 Å². The highest BCUT2D eigenvalue weighted by molar-refractivity contribution is 6.30. The van der Waals surface area contributed by atoms with Crippen molar-refractivity contribution in [3.05, 3.63) is 101 Å². The predicted molar refractivity (Wildman–Crippen MR) is 109 cm³/mol. The Labute approximate surface area is 167 Å². The van der Waals surface area contributed by atoms with Crippen LogP contribution in [-0.4, -0.2) is 18.1 Å². The first-order valence-electron chi connectivity index (χ1n) is 8.54. The second-order valence-electron chi connectivity index (χ2n) is 5.92. The lowest BCUT2D eigenvalue weighted by Gasteiger charge is -2.05. The minimum Gasteiger partial charge on any atom is -0.423 e. The first-order valence-corrected chi connectivity index (χ1v) is 8.91. The molecule has 0 aliphatic rings. The highest BCUT2D eigenvalue weighted by Crippen LogP contribution is 2.16. The first-order chi connectivity index (χ1) is 13.6. The zero-order valence-corrected chi connectivity index (χ0v) is 15.6. The van der Waals surface area contributed by atoms with E-state index in [9.17, 15) is 9.59 Å². The van der Waals surface area contributed by atoms with Crippen LogP contribution in [0.2, 0.25) is 5.02 Å². The van der Waals surface area contributed by atoms with E-state index in [4.69, 9.17) is 16.3 Å². The Morgan fingerprint density at radius 1 is 0.964 bits per heavy atom. The quantitative estimate of drug-likeness (QED) is 0.295. The van der Waals surface area contributed by atoms with Crippen LogP contribution in [0.4, 0.5) is 0 Å². The Bertz CT molecular complexity index is 986. The van der Waals surface area contributed by atoms with Crippen molar-refractivity contribution in [2.45, 2.75) is 6.42 Å². The average molecular weight is 393 g/mol. The minimum absolute atomic E-state index is 0.200. The van der Waals surface area contributed by atoms with Crippen molar-refractivity contribution in [2.75, 3.05) is 0 Å². The van der Waals surface area contributed by atoms with Crippen molar-refractivity contribution in [1.29, 1.82) is 0 Å². The van der Waals surface area contributed by atoms with E-state index < -0.39 is 5.97 Å². The minimum atomic E-state index is -0.489. The molecule has 0 spiro atoms. The van der Waals surface area contributed by atoms with Crippen LogP contribution in [0.25, 0.3) is 0 Å². The molecular formula is C22H17ClN2O3. The zero-order valence-electron chi connectivity index (χ0n) is 14.8. The number of nitrogens with zero attached hydrogens (tertiary/aromatic N) is 1. The molecule has 5 nitrogen and oxygen atoms in total. The maximum atomic E-state index is 12.1. The Balaban J connectivity index is 1.52. The van der Waals surface area contributed by atoms with E-state index in [0.717, 1.165) is 11.1 Å². The second-order valence-corrected chi connectivity index (χ2v) is 6.36. The number of hydrogen-bond acceptors (Lipinski definition) is 4. The summed E-state index contributed by atoms with van der Waals surface area (Å²) in [5, 5.41) is 4.41. The van der Waals surface area contributed by atoms with Crippen LogP contribution >= 0.6 is 11.6 Å². The van der Waals surface area contributed by atoms with Gasteiger partial charge in [-0.05, 0) is 53.6 Å². The molecule has 0 saturated carbocycles. The van der Waals surface area contributed by atoms with E-state index in [-0.39, 0.29) is 12.3 Å². The van der Waals surface area contributed by atoms with Gasteiger partial charge in [-0.25, -0.2) is 10.2 Å². The van der Waals surface area contributed by atoms with Gasteiger partial charge in [0, 0.05) is 5.02 Å².